The maximum absolute atomic E-state index is 12.4. The van der Waals surface area contributed by atoms with Crippen LogP contribution in [0.5, 0.6) is 0 Å². The van der Waals surface area contributed by atoms with E-state index in [1.807, 2.05) is 27.7 Å². The highest BCUT2D eigenvalue weighted by atomic mass is 16.5. The van der Waals surface area contributed by atoms with Gasteiger partial charge in [-0.15, -0.1) is 0 Å². The normalized spacial score (nSPS) is 12.6. The summed E-state index contributed by atoms with van der Waals surface area (Å²) in [5.41, 5.74) is 0.923. The smallest absolute Gasteiger partial charge is 0.328 e. The van der Waals surface area contributed by atoms with Crippen LogP contribution >= 0.6 is 0 Å². The van der Waals surface area contributed by atoms with E-state index in [-0.39, 0.29) is 17.7 Å². The van der Waals surface area contributed by atoms with E-state index in [2.05, 4.69) is 10.5 Å². The molecule has 21 heavy (non-hydrogen) atoms. The van der Waals surface area contributed by atoms with Crippen molar-refractivity contribution in [3.05, 3.63) is 17.0 Å². The third-order valence-corrected chi connectivity index (χ3v) is 3.14. The topological polar surface area (TPSA) is 81.4 Å². The SMILES string of the molecule is COC(=O)C(CC(C)C)NC(=O)c1c(C)noc1C(C)C. The molecule has 1 amide bonds. The van der Waals surface area contributed by atoms with Crippen LogP contribution in [0.25, 0.3) is 0 Å². The fourth-order valence-electron chi connectivity index (χ4n) is 2.12. The summed E-state index contributed by atoms with van der Waals surface area (Å²) in [6.45, 7) is 9.50. The van der Waals surface area contributed by atoms with Gasteiger partial charge in [-0.25, -0.2) is 4.79 Å². The van der Waals surface area contributed by atoms with Gasteiger partial charge in [0.05, 0.1) is 12.8 Å². The maximum atomic E-state index is 12.4. The Morgan fingerprint density at radius 1 is 1.29 bits per heavy atom. The molecule has 1 atom stereocenters. The number of carbonyl (C=O) groups is 2. The highest BCUT2D eigenvalue weighted by Gasteiger charge is 2.28. The predicted molar refractivity (Wildman–Crippen MR) is 78.1 cm³/mol. The molecule has 1 aromatic heterocycles. The molecule has 1 N–H and O–H groups in total. The molecule has 6 nitrogen and oxygen atoms in total. The van der Waals surface area contributed by atoms with Crippen molar-refractivity contribution in [1.82, 2.24) is 10.5 Å². The summed E-state index contributed by atoms with van der Waals surface area (Å²) in [4.78, 5) is 24.2. The number of nitrogens with zero attached hydrogens (tertiary/aromatic N) is 1. The summed E-state index contributed by atoms with van der Waals surface area (Å²) in [7, 11) is 1.31. The number of esters is 1. The third-order valence-electron chi connectivity index (χ3n) is 3.14. The van der Waals surface area contributed by atoms with Gasteiger partial charge in [0.25, 0.3) is 5.91 Å². The molecule has 0 saturated carbocycles. The van der Waals surface area contributed by atoms with Crippen LogP contribution in [0, 0.1) is 12.8 Å². The maximum Gasteiger partial charge on any atom is 0.328 e. The quantitative estimate of drug-likeness (QED) is 0.815. The Kier molecular flexibility index (Phi) is 5.93. The van der Waals surface area contributed by atoms with Gasteiger partial charge in [-0.05, 0) is 19.3 Å². The van der Waals surface area contributed by atoms with E-state index in [0.717, 1.165) is 0 Å². The molecule has 118 valence electrons. The number of amides is 1. The summed E-state index contributed by atoms with van der Waals surface area (Å²) < 4.78 is 9.95. The molecule has 6 heteroatoms. The first-order valence-corrected chi connectivity index (χ1v) is 7.12. The van der Waals surface area contributed by atoms with E-state index in [4.69, 9.17) is 9.26 Å². The molecular formula is C15H24N2O4. The van der Waals surface area contributed by atoms with Gasteiger partial charge in [0.1, 0.15) is 11.6 Å². The lowest BCUT2D eigenvalue weighted by Crippen LogP contribution is -2.42. The van der Waals surface area contributed by atoms with Crippen LogP contribution in [0.2, 0.25) is 0 Å². The molecule has 0 aliphatic heterocycles. The Bertz CT molecular complexity index is 506. The molecule has 0 aromatic carbocycles. The fraction of sp³-hybridized carbons (Fsp3) is 0.667. The molecule has 0 radical (unpaired) electrons. The molecule has 1 rings (SSSR count). The van der Waals surface area contributed by atoms with Gasteiger partial charge in [0, 0.05) is 5.92 Å². The number of nitrogens with one attached hydrogen (secondary N) is 1. The number of hydrogen-bond acceptors (Lipinski definition) is 5. The van der Waals surface area contributed by atoms with E-state index in [1.165, 1.54) is 7.11 Å². The summed E-state index contributed by atoms with van der Waals surface area (Å²) >= 11 is 0. The predicted octanol–water partition coefficient (Wildman–Crippen LogP) is 2.42. The molecule has 0 saturated heterocycles. The summed E-state index contributed by atoms with van der Waals surface area (Å²) in [6.07, 6.45) is 0.514. The lowest BCUT2D eigenvalue weighted by Gasteiger charge is -2.18. The molecule has 0 aliphatic rings. The largest absolute Gasteiger partial charge is 0.467 e. The van der Waals surface area contributed by atoms with E-state index >= 15 is 0 Å². The minimum Gasteiger partial charge on any atom is -0.467 e. The number of ether oxygens (including phenoxy) is 1. The highest BCUT2D eigenvalue weighted by molar-refractivity contribution is 5.98. The average molecular weight is 296 g/mol. The Morgan fingerprint density at radius 3 is 2.38 bits per heavy atom. The molecule has 0 spiro atoms. The Morgan fingerprint density at radius 2 is 1.90 bits per heavy atom. The van der Waals surface area contributed by atoms with Gasteiger partial charge >= 0.3 is 5.97 Å². The Balaban J connectivity index is 2.97. The standard InChI is InChI=1S/C15H24N2O4/c1-8(2)7-11(15(19)20-6)16-14(18)12-10(5)17-21-13(12)9(3)4/h8-9,11H,7H2,1-6H3,(H,16,18). The van der Waals surface area contributed by atoms with Crippen molar-refractivity contribution in [2.75, 3.05) is 7.11 Å². The number of hydrogen-bond donors (Lipinski definition) is 1. The third kappa shape index (κ3) is 4.31. The van der Waals surface area contributed by atoms with Gasteiger partial charge < -0.3 is 14.6 Å². The van der Waals surface area contributed by atoms with Crippen LogP contribution < -0.4 is 5.32 Å². The molecule has 1 aromatic rings. The van der Waals surface area contributed by atoms with Crippen LogP contribution in [-0.4, -0.2) is 30.2 Å². The second-order valence-electron chi connectivity index (χ2n) is 5.84. The lowest BCUT2D eigenvalue weighted by atomic mass is 10.0. The molecule has 1 heterocycles. The van der Waals surface area contributed by atoms with Crippen molar-refractivity contribution in [3.8, 4) is 0 Å². The second-order valence-corrected chi connectivity index (χ2v) is 5.84. The van der Waals surface area contributed by atoms with Gasteiger partial charge in [-0.2, -0.15) is 0 Å². The van der Waals surface area contributed by atoms with Crippen molar-refractivity contribution in [3.63, 3.8) is 0 Å². The minimum absolute atomic E-state index is 0.0358. The van der Waals surface area contributed by atoms with Crippen LogP contribution in [0.15, 0.2) is 4.52 Å². The zero-order chi connectivity index (χ0) is 16.2. The summed E-state index contributed by atoms with van der Waals surface area (Å²) in [6, 6.07) is -0.670. The Hall–Kier alpha value is -1.85. The van der Waals surface area contributed by atoms with E-state index in [0.29, 0.717) is 23.4 Å². The molecular weight excluding hydrogens is 272 g/mol. The summed E-state index contributed by atoms with van der Waals surface area (Å²) in [5.74, 6) is 0.0140. The molecule has 0 aliphatic carbocycles. The average Bonchev–Trinajstić information content (AvgIpc) is 2.78. The number of methoxy groups -OCH3 is 1. The number of aryl methyl sites for hydroxylation is 1. The van der Waals surface area contributed by atoms with Crippen molar-refractivity contribution in [2.45, 2.75) is 53.0 Å². The Labute approximate surface area is 125 Å². The monoisotopic (exact) mass is 296 g/mol. The first-order chi connectivity index (χ1) is 9.77. The lowest BCUT2D eigenvalue weighted by molar-refractivity contribution is -0.143. The number of aromatic nitrogens is 1. The zero-order valence-corrected chi connectivity index (χ0v) is 13.5. The first kappa shape index (κ1) is 17.2. The van der Waals surface area contributed by atoms with Gasteiger partial charge in [0.2, 0.25) is 0 Å². The van der Waals surface area contributed by atoms with Crippen molar-refractivity contribution >= 4 is 11.9 Å². The van der Waals surface area contributed by atoms with Gasteiger partial charge in [-0.1, -0.05) is 32.9 Å². The van der Waals surface area contributed by atoms with Crippen LogP contribution in [0.4, 0.5) is 0 Å². The summed E-state index contributed by atoms with van der Waals surface area (Å²) in [5, 5.41) is 6.56. The second kappa shape index (κ2) is 7.24. The number of rotatable bonds is 6. The van der Waals surface area contributed by atoms with Crippen LogP contribution in [-0.2, 0) is 9.53 Å². The van der Waals surface area contributed by atoms with Crippen LogP contribution in [0.1, 0.15) is 61.8 Å². The van der Waals surface area contributed by atoms with E-state index < -0.39 is 12.0 Å². The first-order valence-electron chi connectivity index (χ1n) is 7.12. The number of carbonyl (C=O) groups excluding carboxylic acids is 2. The minimum atomic E-state index is -0.670. The van der Waals surface area contributed by atoms with Crippen molar-refractivity contribution < 1.29 is 18.8 Å². The van der Waals surface area contributed by atoms with Crippen molar-refractivity contribution in [1.29, 1.82) is 0 Å². The van der Waals surface area contributed by atoms with Crippen LogP contribution in [0.3, 0.4) is 0 Å². The highest BCUT2D eigenvalue weighted by Crippen LogP contribution is 2.22. The van der Waals surface area contributed by atoms with E-state index in [1.54, 1.807) is 6.92 Å². The molecule has 0 fully saturated rings. The van der Waals surface area contributed by atoms with Gasteiger partial charge in [-0.3, -0.25) is 4.79 Å². The fourth-order valence-corrected chi connectivity index (χ4v) is 2.12. The molecule has 0 bridgehead atoms. The van der Waals surface area contributed by atoms with E-state index in [9.17, 15) is 9.59 Å². The molecule has 1 unspecified atom stereocenters. The van der Waals surface area contributed by atoms with Gasteiger partial charge in [0.15, 0.2) is 5.76 Å². The zero-order valence-electron chi connectivity index (χ0n) is 13.5. The van der Waals surface area contributed by atoms with Crippen molar-refractivity contribution in [2.24, 2.45) is 5.92 Å².